The van der Waals surface area contributed by atoms with Gasteiger partial charge in [-0.2, -0.15) is 18.4 Å². The highest BCUT2D eigenvalue weighted by Gasteiger charge is 2.36. The predicted octanol–water partition coefficient (Wildman–Crippen LogP) is 5.76. The Hall–Kier alpha value is -3.49. The second-order valence-corrected chi connectivity index (χ2v) is 8.69. The summed E-state index contributed by atoms with van der Waals surface area (Å²) in [6.45, 7) is 6.49. The topological polar surface area (TPSA) is 82.9 Å². The summed E-state index contributed by atoms with van der Waals surface area (Å²) in [6, 6.07) is 9.14. The number of rotatable bonds is 9. The first-order valence-electron chi connectivity index (χ1n) is 11.1. The minimum atomic E-state index is -4.73. The van der Waals surface area contributed by atoms with Crippen molar-refractivity contribution in [2.45, 2.75) is 20.0 Å². The molecule has 2 aromatic rings. The van der Waals surface area contributed by atoms with Gasteiger partial charge in [-0.05, 0) is 66.8 Å². The zero-order valence-electron chi connectivity index (χ0n) is 19.9. The van der Waals surface area contributed by atoms with Crippen molar-refractivity contribution in [1.82, 2.24) is 9.80 Å². The van der Waals surface area contributed by atoms with Crippen LogP contribution in [0.5, 0.6) is 17.2 Å². The zero-order chi connectivity index (χ0) is 26.5. The lowest BCUT2D eigenvalue weighted by atomic mass is 10.1. The number of hydrogen-bond donors (Lipinski definition) is 0. The van der Waals surface area contributed by atoms with Crippen LogP contribution in [-0.4, -0.2) is 54.2 Å². The highest BCUT2D eigenvalue weighted by molar-refractivity contribution is 8.18. The van der Waals surface area contributed by atoms with Gasteiger partial charge in [0.25, 0.3) is 11.1 Å². The molecule has 1 aliphatic rings. The van der Waals surface area contributed by atoms with Crippen LogP contribution < -0.4 is 9.47 Å². The minimum Gasteiger partial charge on any atom is -0.493 e. The number of carbonyl (C=O) groups excluding carboxylic acids is 2. The molecule has 0 bridgehead atoms. The van der Waals surface area contributed by atoms with E-state index in [0.29, 0.717) is 18.2 Å². The van der Waals surface area contributed by atoms with E-state index in [2.05, 4.69) is 4.90 Å². The molecule has 1 aliphatic heterocycles. The fourth-order valence-corrected chi connectivity index (χ4v) is 4.38. The first-order chi connectivity index (χ1) is 17.1. The van der Waals surface area contributed by atoms with Gasteiger partial charge in [0.15, 0.2) is 11.5 Å². The number of halogens is 3. The molecule has 1 heterocycles. The number of ether oxygens (including phenoxy) is 2. The second-order valence-electron chi connectivity index (χ2n) is 7.69. The third kappa shape index (κ3) is 6.19. The van der Waals surface area contributed by atoms with Crippen molar-refractivity contribution in [3.63, 3.8) is 0 Å². The summed E-state index contributed by atoms with van der Waals surface area (Å²) in [6.07, 6.45) is -3.21. The van der Waals surface area contributed by atoms with Crippen molar-refractivity contribution in [2.75, 3.05) is 33.3 Å². The number of imide groups is 1. The number of nitriles is 1. The van der Waals surface area contributed by atoms with Gasteiger partial charge < -0.3 is 14.4 Å². The van der Waals surface area contributed by atoms with Gasteiger partial charge in [0.1, 0.15) is 5.75 Å². The Balaban J connectivity index is 1.83. The Labute approximate surface area is 211 Å². The molecule has 2 amide bonds. The number of hydrogen-bond acceptors (Lipinski definition) is 7. The summed E-state index contributed by atoms with van der Waals surface area (Å²) in [5.74, 6) is -0.745. The fourth-order valence-electron chi connectivity index (χ4n) is 3.51. The molecule has 0 N–H and O–H groups in total. The van der Waals surface area contributed by atoms with E-state index >= 15 is 0 Å². The van der Waals surface area contributed by atoms with Gasteiger partial charge in [-0.25, -0.2) is 0 Å². The number of alkyl halides is 3. The van der Waals surface area contributed by atoms with Crippen LogP contribution in [0.3, 0.4) is 0 Å². The molecule has 0 radical (unpaired) electrons. The summed E-state index contributed by atoms with van der Waals surface area (Å²) in [4.78, 5) is 28.7. The average molecular weight is 520 g/mol. The van der Waals surface area contributed by atoms with Gasteiger partial charge in [-0.15, -0.1) is 0 Å². The molecule has 1 saturated heterocycles. The maximum Gasteiger partial charge on any atom is 0.420 e. The maximum atomic E-state index is 13.5. The zero-order valence-corrected chi connectivity index (χ0v) is 20.7. The normalized spacial score (nSPS) is 15.1. The van der Waals surface area contributed by atoms with Gasteiger partial charge in [0.05, 0.1) is 29.2 Å². The SMILES string of the molecule is CCN(CC)CCN1C(=O)S/C(=C\c2ccc(Oc3ccc(C#N)cc3C(F)(F)F)c(OC)c2)C1=O. The van der Waals surface area contributed by atoms with Crippen molar-refractivity contribution in [3.8, 4) is 23.3 Å². The number of methoxy groups -OCH3 is 1. The van der Waals surface area contributed by atoms with Crippen LogP contribution in [-0.2, 0) is 11.0 Å². The van der Waals surface area contributed by atoms with E-state index in [-0.39, 0.29) is 33.8 Å². The van der Waals surface area contributed by atoms with E-state index in [4.69, 9.17) is 14.7 Å². The van der Waals surface area contributed by atoms with Crippen LogP contribution in [0.4, 0.5) is 18.0 Å². The lowest BCUT2D eigenvalue weighted by Crippen LogP contribution is -2.37. The van der Waals surface area contributed by atoms with E-state index in [9.17, 15) is 22.8 Å². The average Bonchev–Trinajstić information content (AvgIpc) is 3.12. The third-order valence-electron chi connectivity index (χ3n) is 5.53. The third-order valence-corrected chi connectivity index (χ3v) is 6.43. The molecule has 1 fully saturated rings. The number of benzene rings is 2. The molecular weight excluding hydrogens is 495 g/mol. The van der Waals surface area contributed by atoms with Crippen LogP contribution in [0, 0.1) is 11.3 Å². The highest BCUT2D eigenvalue weighted by atomic mass is 32.2. The molecule has 0 spiro atoms. The smallest absolute Gasteiger partial charge is 0.420 e. The molecule has 3 rings (SSSR count). The molecule has 2 aromatic carbocycles. The summed E-state index contributed by atoms with van der Waals surface area (Å²) in [5, 5.41) is 8.58. The predicted molar refractivity (Wildman–Crippen MR) is 130 cm³/mol. The number of thioether (sulfide) groups is 1. The lowest BCUT2D eigenvalue weighted by Gasteiger charge is -2.20. The molecule has 190 valence electrons. The Kier molecular flexibility index (Phi) is 8.66. The van der Waals surface area contributed by atoms with E-state index < -0.39 is 23.4 Å². The molecule has 0 saturated carbocycles. The summed E-state index contributed by atoms with van der Waals surface area (Å²) >= 11 is 0.829. The molecule has 0 aromatic heterocycles. The second kappa shape index (κ2) is 11.5. The van der Waals surface area contributed by atoms with Crippen molar-refractivity contribution >= 4 is 29.0 Å². The molecule has 11 heteroatoms. The summed E-state index contributed by atoms with van der Waals surface area (Å²) in [5.41, 5.74) is -0.738. The molecule has 0 unspecified atom stereocenters. The fraction of sp³-hybridized carbons (Fsp3) is 0.320. The van der Waals surface area contributed by atoms with Gasteiger partial charge in [-0.3, -0.25) is 14.5 Å². The number of likely N-dealkylation sites (N-methyl/N-ethyl adjacent to an activating group) is 1. The van der Waals surface area contributed by atoms with Gasteiger partial charge >= 0.3 is 6.18 Å². The Morgan fingerprint density at radius 2 is 1.78 bits per heavy atom. The van der Waals surface area contributed by atoms with Crippen LogP contribution in [0.2, 0.25) is 0 Å². The first-order valence-corrected chi connectivity index (χ1v) is 11.9. The summed E-state index contributed by atoms with van der Waals surface area (Å²) in [7, 11) is 1.33. The van der Waals surface area contributed by atoms with Crippen LogP contribution >= 0.6 is 11.8 Å². The van der Waals surface area contributed by atoms with Crippen molar-refractivity contribution < 1.29 is 32.2 Å². The highest BCUT2D eigenvalue weighted by Crippen LogP contribution is 2.41. The minimum absolute atomic E-state index is 0.0113. The Bertz CT molecular complexity index is 1220. The molecule has 0 atom stereocenters. The van der Waals surface area contributed by atoms with Gasteiger partial charge in [-0.1, -0.05) is 19.9 Å². The monoisotopic (exact) mass is 519 g/mol. The van der Waals surface area contributed by atoms with Crippen LogP contribution in [0.25, 0.3) is 6.08 Å². The lowest BCUT2D eigenvalue weighted by molar-refractivity contribution is -0.138. The number of nitrogens with zero attached hydrogens (tertiary/aromatic N) is 3. The first kappa shape index (κ1) is 27.1. The van der Waals surface area contributed by atoms with Crippen molar-refractivity contribution in [1.29, 1.82) is 5.26 Å². The molecule has 0 aliphatic carbocycles. The molecule has 36 heavy (non-hydrogen) atoms. The van der Waals surface area contributed by atoms with Crippen molar-refractivity contribution in [3.05, 3.63) is 58.0 Å². The Morgan fingerprint density at radius 3 is 2.39 bits per heavy atom. The largest absolute Gasteiger partial charge is 0.493 e. The summed E-state index contributed by atoms with van der Waals surface area (Å²) < 4.78 is 51.2. The van der Waals surface area contributed by atoms with Crippen LogP contribution in [0.1, 0.15) is 30.5 Å². The molecule has 7 nitrogen and oxygen atoms in total. The molecular formula is C25H24F3N3O4S. The Morgan fingerprint density at radius 1 is 1.08 bits per heavy atom. The number of carbonyl (C=O) groups is 2. The van der Waals surface area contributed by atoms with E-state index in [1.807, 2.05) is 13.8 Å². The maximum absolute atomic E-state index is 13.5. The van der Waals surface area contributed by atoms with Crippen molar-refractivity contribution in [2.24, 2.45) is 0 Å². The van der Waals surface area contributed by atoms with Crippen LogP contribution in [0.15, 0.2) is 41.3 Å². The van der Waals surface area contributed by atoms with Gasteiger partial charge in [0.2, 0.25) is 0 Å². The number of amides is 2. The quantitative estimate of drug-likeness (QED) is 0.390. The van der Waals surface area contributed by atoms with E-state index in [0.717, 1.165) is 30.9 Å². The standard InChI is InChI=1S/C25H24F3N3O4S/c1-4-30(5-2)10-11-31-23(32)22(36-24(31)33)14-16-6-9-20(21(13-16)34-3)35-19-8-7-17(15-29)12-18(19)25(26,27)28/h6-9,12-14H,4-5,10-11H2,1-3H3/b22-14-. The van der Waals surface area contributed by atoms with E-state index in [1.165, 1.54) is 36.3 Å². The van der Waals surface area contributed by atoms with E-state index in [1.54, 1.807) is 12.1 Å². The van der Waals surface area contributed by atoms with Gasteiger partial charge in [0, 0.05) is 13.1 Å².